The Bertz CT molecular complexity index is 1180. The van der Waals surface area contributed by atoms with E-state index in [2.05, 4.69) is 35.3 Å². The molecule has 0 spiro atoms. The minimum atomic E-state index is -1.17. The minimum Gasteiger partial charge on any atom is -0.464 e. The fourth-order valence-electron chi connectivity index (χ4n) is 3.54. The molecule has 30 heavy (non-hydrogen) atoms. The average molecular weight is 416 g/mol. The van der Waals surface area contributed by atoms with Gasteiger partial charge in [0, 0.05) is 43.6 Å². The van der Waals surface area contributed by atoms with Crippen LogP contribution in [0.15, 0.2) is 65.5 Å². The van der Waals surface area contributed by atoms with Crippen LogP contribution in [0.5, 0.6) is 0 Å². The Morgan fingerprint density at radius 2 is 1.90 bits per heavy atom. The van der Waals surface area contributed by atoms with E-state index in [1.807, 2.05) is 42.5 Å². The van der Waals surface area contributed by atoms with Crippen molar-refractivity contribution in [3.8, 4) is 28.7 Å². The average Bonchev–Trinajstić information content (AvgIpc) is 3.37. The van der Waals surface area contributed by atoms with Crippen molar-refractivity contribution < 1.29 is 9.15 Å². The van der Waals surface area contributed by atoms with Crippen molar-refractivity contribution in [1.29, 1.82) is 5.26 Å². The number of nitriles is 1. The Labute approximate surface area is 177 Å². The first kappa shape index (κ1) is 20.1. The lowest BCUT2D eigenvalue weighted by Gasteiger charge is -2.17. The molecule has 3 aromatic heterocycles. The lowest BCUT2D eigenvalue weighted by Crippen LogP contribution is -2.22. The first-order valence-corrected chi connectivity index (χ1v) is 13.8. The third-order valence-corrected chi connectivity index (χ3v) is 6.86. The molecule has 0 amide bonds. The Kier molecular flexibility index (Phi) is 5.58. The first-order chi connectivity index (χ1) is 14.5. The van der Waals surface area contributed by atoms with Crippen LogP contribution in [-0.4, -0.2) is 24.2 Å². The van der Waals surface area contributed by atoms with Gasteiger partial charge in [-0.1, -0.05) is 19.6 Å². The molecule has 3 heterocycles. The number of rotatable bonds is 7. The van der Waals surface area contributed by atoms with Crippen molar-refractivity contribution in [3.05, 3.63) is 66.7 Å². The summed E-state index contributed by atoms with van der Waals surface area (Å²) in [6, 6.07) is 17.3. The summed E-state index contributed by atoms with van der Waals surface area (Å²) in [5, 5.41) is 10.9. The number of fused-ring (bicyclic) bond motifs is 1. The second kappa shape index (κ2) is 8.31. The molecule has 0 aliphatic carbocycles. The van der Waals surface area contributed by atoms with Crippen LogP contribution in [0.3, 0.4) is 0 Å². The van der Waals surface area contributed by atoms with Crippen LogP contribution in [-0.2, 0) is 11.5 Å². The molecular formula is C24H25N3O2Si. The molecule has 0 N–H and O–H groups in total. The molecule has 0 fully saturated rings. The fraction of sp³-hybridized carbons (Fsp3) is 0.250. The topological polar surface area (TPSA) is 64.0 Å². The standard InChI is InChI=1S/C24H25N3O2Si/c1-30(2,3)14-13-28-17-27-22-7-6-19(23-5-4-12-29-23)15-20(22)21(16-25)24(27)18-8-10-26-11-9-18/h4-12,15H,13-14,17H2,1-3H3. The van der Waals surface area contributed by atoms with Crippen LogP contribution in [0.25, 0.3) is 33.5 Å². The van der Waals surface area contributed by atoms with E-state index >= 15 is 0 Å². The summed E-state index contributed by atoms with van der Waals surface area (Å²) in [6.45, 7) is 8.15. The van der Waals surface area contributed by atoms with E-state index in [0.717, 1.165) is 46.1 Å². The molecule has 0 atom stereocenters. The zero-order valence-electron chi connectivity index (χ0n) is 17.6. The molecule has 0 saturated carbocycles. The summed E-state index contributed by atoms with van der Waals surface area (Å²) in [7, 11) is -1.17. The Balaban J connectivity index is 1.82. The van der Waals surface area contributed by atoms with E-state index in [9.17, 15) is 5.26 Å². The van der Waals surface area contributed by atoms with E-state index in [1.54, 1.807) is 18.7 Å². The normalized spacial score (nSPS) is 11.7. The molecule has 0 bridgehead atoms. The van der Waals surface area contributed by atoms with Crippen molar-refractivity contribution >= 4 is 19.0 Å². The Morgan fingerprint density at radius 3 is 2.57 bits per heavy atom. The fourth-order valence-corrected chi connectivity index (χ4v) is 4.30. The van der Waals surface area contributed by atoms with Crippen molar-refractivity contribution in [3.63, 3.8) is 0 Å². The second-order valence-electron chi connectivity index (χ2n) is 8.56. The molecule has 0 unspecified atom stereocenters. The highest BCUT2D eigenvalue weighted by Crippen LogP contribution is 2.36. The van der Waals surface area contributed by atoms with Gasteiger partial charge in [-0.25, -0.2) is 0 Å². The molecule has 0 saturated heterocycles. The number of benzene rings is 1. The molecule has 1 aromatic carbocycles. The third kappa shape index (κ3) is 4.08. The molecule has 152 valence electrons. The summed E-state index contributed by atoms with van der Waals surface area (Å²) < 4.78 is 13.7. The predicted molar refractivity (Wildman–Crippen MR) is 122 cm³/mol. The van der Waals surface area contributed by atoms with E-state index < -0.39 is 8.07 Å². The third-order valence-electron chi connectivity index (χ3n) is 5.15. The van der Waals surface area contributed by atoms with Gasteiger partial charge in [-0.15, -0.1) is 0 Å². The van der Waals surface area contributed by atoms with Gasteiger partial charge in [-0.3, -0.25) is 4.98 Å². The number of nitrogens with zero attached hydrogens (tertiary/aromatic N) is 3. The molecular weight excluding hydrogens is 390 g/mol. The van der Waals surface area contributed by atoms with E-state index in [1.165, 1.54) is 0 Å². The summed E-state index contributed by atoms with van der Waals surface area (Å²) in [5.41, 5.74) is 4.37. The molecule has 5 nitrogen and oxygen atoms in total. The molecule has 4 rings (SSSR count). The van der Waals surface area contributed by atoms with E-state index in [0.29, 0.717) is 12.3 Å². The van der Waals surface area contributed by atoms with Crippen molar-refractivity contribution in [2.24, 2.45) is 0 Å². The monoisotopic (exact) mass is 415 g/mol. The minimum absolute atomic E-state index is 0.403. The summed E-state index contributed by atoms with van der Waals surface area (Å²) in [6.07, 6.45) is 5.16. The Hall–Kier alpha value is -3.14. The van der Waals surface area contributed by atoms with E-state index in [4.69, 9.17) is 9.15 Å². The smallest absolute Gasteiger partial charge is 0.133 e. The van der Waals surface area contributed by atoms with Gasteiger partial charge in [0.05, 0.1) is 23.0 Å². The van der Waals surface area contributed by atoms with Gasteiger partial charge in [-0.2, -0.15) is 5.26 Å². The van der Waals surface area contributed by atoms with Crippen molar-refractivity contribution in [1.82, 2.24) is 9.55 Å². The molecule has 0 aliphatic rings. The highest BCUT2D eigenvalue weighted by molar-refractivity contribution is 6.76. The number of aromatic nitrogens is 2. The second-order valence-corrected chi connectivity index (χ2v) is 14.2. The van der Waals surface area contributed by atoms with Gasteiger partial charge in [0.15, 0.2) is 0 Å². The highest BCUT2D eigenvalue weighted by Gasteiger charge is 2.20. The molecule has 6 heteroatoms. The van der Waals surface area contributed by atoms with Gasteiger partial charge in [0.1, 0.15) is 18.6 Å². The van der Waals surface area contributed by atoms with Crippen LogP contribution >= 0.6 is 0 Å². The molecule has 4 aromatic rings. The summed E-state index contributed by atoms with van der Waals surface area (Å²) >= 11 is 0. The van der Waals surface area contributed by atoms with Crippen LogP contribution < -0.4 is 0 Å². The van der Waals surface area contributed by atoms with Crippen LogP contribution in [0.4, 0.5) is 0 Å². The molecule has 0 radical (unpaired) electrons. The van der Waals surface area contributed by atoms with Gasteiger partial charge in [0.25, 0.3) is 0 Å². The van der Waals surface area contributed by atoms with Crippen LogP contribution in [0.2, 0.25) is 25.7 Å². The van der Waals surface area contributed by atoms with Gasteiger partial charge in [0.2, 0.25) is 0 Å². The highest BCUT2D eigenvalue weighted by atomic mass is 28.3. The zero-order valence-corrected chi connectivity index (χ0v) is 18.6. The largest absolute Gasteiger partial charge is 0.464 e. The predicted octanol–water partition coefficient (Wildman–Crippen LogP) is 6.15. The Morgan fingerprint density at radius 1 is 1.10 bits per heavy atom. The summed E-state index contributed by atoms with van der Waals surface area (Å²) in [5.74, 6) is 0.783. The lowest BCUT2D eigenvalue weighted by molar-refractivity contribution is 0.0912. The zero-order chi connectivity index (χ0) is 21.1. The maximum absolute atomic E-state index is 10.1. The first-order valence-electron chi connectivity index (χ1n) is 10.1. The number of pyridine rings is 1. The number of ether oxygens (including phenoxy) is 1. The van der Waals surface area contributed by atoms with Gasteiger partial charge >= 0.3 is 0 Å². The number of hydrogen-bond donors (Lipinski definition) is 0. The summed E-state index contributed by atoms with van der Waals surface area (Å²) in [4.78, 5) is 4.13. The molecule has 0 aliphatic heterocycles. The van der Waals surface area contributed by atoms with Crippen molar-refractivity contribution in [2.45, 2.75) is 32.4 Å². The van der Waals surface area contributed by atoms with Crippen LogP contribution in [0, 0.1) is 11.3 Å². The SMILES string of the molecule is C[Si](C)(C)CCOCn1c(-c2ccncc2)c(C#N)c2cc(-c3ccco3)ccc21. The maximum Gasteiger partial charge on any atom is 0.133 e. The quantitative estimate of drug-likeness (QED) is 0.268. The maximum atomic E-state index is 10.1. The number of furan rings is 1. The van der Waals surface area contributed by atoms with Crippen LogP contribution in [0.1, 0.15) is 5.56 Å². The number of hydrogen-bond acceptors (Lipinski definition) is 4. The van der Waals surface area contributed by atoms with Crippen molar-refractivity contribution in [2.75, 3.05) is 6.61 Å². The van der Waals surface area contributed by atoms with Gasteiger partial charge < -0.3 is 13.7 Å². The van der Waals surface area contributed by atoms with Gasteiger partial charge in [-0.05, 0) is 48.5 Å². The lowest BCUT2D eigenvalue weighted by atomic mass is 10.0. The van der Waals surface area contributed by atoms with E-state index in [-0.39, 0.29) is 0 Å².